The van der Waals surface area contributed by atoms with Crippen molar-refractivity contribution in [3.8, 4) is 0 Å². The molecule has 0 atom stereocenters. The van der Waals surface area contributed by atoms with Crippen molar-refractivity contribution in [2.24, 2.45) is 5.14 Å². The molecule has 6 heteroatoms. The zero-order valence-corrected chi connectivity index (χ0v) is 12.3. The van der Waals surface area contributed by atoms with Crippen LogP contribution in [0.15, 0.2) is 0 Å². The summed E-state index contributed by atoms with van der Waals surface area (Å²) >= 11 is 0. The van der Waals surface area contributed by atoms with Crippen molar-refractivity contribution < 1.29 is 12.6 Å². The van der Waals surface area contributed by atoms with E-state index in [4.69, 9.17) is 5.14 Å². The van der Waals surface area contributed by atoms with Crippen LogP contribution in [0.2, 0.25) is 0 Å². The van der Waals surface area contributed by atoms with Crippen LogP contribution in [0, 0.1) is 0 Å². The molecule has 0 heterocycles. The van der Waals surface area contributed by atoms with Gasteiger partial charge >= 0.3 is 59.2 Å². The molecule has 0 aliphatic heterocycles. The minimum atomic E-state index is -3.72. The fourth-order valence-corrected chi connectivity index (χ4v) is 1.92. The summed E-state index contributed by atoms with van der Waals surface area (Å²) < 4.78 is 25.5. The van der Waals surface area contributed by atoms with Gasteiger partial charge in [-0.3, -0.25) is 4.18 Å². The maximum atomic E-state index is 10.5. The van der Waals surface area contributed by atoms with Gasteiger partial charge in [0.2, 0.25) is 0 Å². The van der Waals surface area contributed by atoms with Crippen molar-refractivity contribution in [3.63, 3.8) is 0 Å². The summed E-state index contributed by atoms with van der Waals surface area (Å²) in [5.74, 6) is 0. The van der Waals surface area contributed by atoms with E-state index in [1.54, 1.807) is 0 Å². The fraction of sp³-hybridized carbons (Fsp3) is 1.00. The minimum absolute atomic E-state index is 0. The SMILES string of the molecule is NS(=O)(=O)OC1CCCCC1.[Ba+2]. The van der Waals surface area contributed by atoms with Gasteiger partial charge < -0.3 is 0 Å². The molecule has 0 radical (unpaired) electrons. The molecule has 0 unspecified atom stereocenters. The Hall–Kier alpha value is 1.44. The van der Waals surface area contributed by atoms with Crippen LogP contribution in [-0.4, -0.2) is 63.4 Å². The average molecular weight is 317 g/mol. The summed E-state index contributed by atoms with van der Waals surface area (Å²) in [4.78, 5) is 0. The van der Waals surface area contributed by atoms with Gasteiger partial charge in [-0.25, -0.2) is 5.14 Å². The topological polar surface area (TPSA) is 69.4 Å². The van der Waals surface area contributed by atoms with E-state index < -0.39 is 10.3 Å². The molecule has 0 bridgehead atoms. The number of nitrogens with two attached hydrogens (primary N) is 1. The summed E-state index contributed by atoms with van der Waals surface area (Å²) in [5, 5.41) is 4.72. The maximum Gasteiger partial charge on any atom is 2.00 e. The zero-order valence-electron chi connectivity index (χ0n) is 7.03. The van der Waals surface area contributed by atoms with Gasteiger partial charge in [-0.15, -0.1) is 0 Å². The Kier molecular flexibility index (Phi) is 6.75. The van der Waals surface area contributed by atoms with Crippen LogP contribution in [0.1, 0.15) is 32.1 Å². The Labute approximate surface area is 114 Å². The molecule has 4 nitrogen and oxygen atoms in total. The van der Waals surface area contributed by atoms with E-state index in [0.717, 1.165) is 25.7 Å². The fourth-order valence-electron chi connectivity index (χ4n) is 1.35. The van der Waals surface area contributed by atoms with Gasteiger partial charge in [-0.2, -0.15) is 8.42 Å². The predicted molar refractivity (Wildman–Crippen MR) is 46.8 cm³/mol. The first-order valence-electron chi connectivity index (χ1n) is 3.79. The number of hydrogen-bond donors (Lipinski definition) is 1. The normalized spacial score (nSPS) is 20.1. The van der Waals surface area contributed by atoms with Gasteiger partial charge in [-0.05, 0) is 12.8 Å². The van der Waals surface area contributed by atoms with E-state index in [9.17, 15) is 8.42 Å². The molecule has 0 aromatic rings. The van der Waals surface area contributed by atoms with Gasteiger partial charge in [0.05, 0.1) is 6.10 Å². The molecule has 1 rings (SSSR count). The number of hydrogen-bond acceptors (Lipinski definition) is 3. The van der Waals surface area contributed by atoms with Gasteiger partial charge in [0, 0.05) is 0 Å². The Morgan fingerprint density at radius 3 is 2.08 bits per heavy atom. The molecule has 0 amide bonds. The van der Waals surface area contributed by atoms with E-state index in [1.807, 2.05) is 0 Å². The molecule has 12 heavy (non-hydrogen) atoms. The third-order valence-corrected chi connectivity index (χ3v) is 2.36. The minimum Gasteiger partial charge on any atom is -0.255 e. The molecule has 0 spiro atoms. The Morgan fingerprint density at radius 1 is 1.17 bits per heavy atom. The van der Waals surface area contributed by atoms with E-state index in [1.165, 1.54) is 6.42 Å². The van der Waals surface area contributed by atoms with E-state index in [2.05, 4.69) is 4.18 Å². The van der Waals surface area contributed by atoms with Crippen molar-refractivity contribution in [2.75, 3.05) is 0 Å². The van der Waals surface area contributed by atoms with Crippen molar-refractivity contribution in [3.05, 3.63) is 0 Å². The van der Waals surface area contributed by atoms with Crippen LogP contribution in [0.25, 0.3) is 0 Å². The molecule has 0 aromatic heterocycles. The van der Waals surface area contributed by atoms with E-state index in [-0.39, 0.29) is 55.0 Å². The van der Waals surface area contributed by atoms with Crippen molar-refractivity contribution in [1.29, 1.82) is 0 Å². The molecule has 1 saturated carbocycles. The molecular formula is C6H13BaNO3S+2. The van der Waals surface area contributed by atoms with Crippen molar-refractivity contribution in [2.45, 2.75) is 38.2 Å². The first-order valence-corrected chi connectivity index (χ1v) is 5.26. The quantitative estimate of drug-likeness (QED) is 0.738. The van der Waals surface area contributed by atoms with Gasteiger partial charge in [0.25, 0.3) is 0 Å². The summed E-state index contributed by atoms with van der Waals surface area (Å²) in [6.07, 6.45) is 4.72. The zero-order chi connectivity index (χ0) is 8.32. The summed E-state index contributed by atoms with van der Waals surface area (Å²) in [6.45, 7) is 0. The second-order valence-electron chi connectivity index (χ2n) is 2.85. The van der Waals surface area contributed by atoms with Crippen LogP contribution in [-0.2, 0) is 14.5 Å². The number of rotatable bonds is 2. The van der Waals surface area contributed by atoms with Crippen LogP contribution in [0.4, 0.5) is 0 Å². The maximum absolute atomic E-state index is 10.5. The summed E-state index contributed by atoms with van der Waals surface area (Å²) in [6, 6.07) is 0. The third kappa shape index (κ3) is 5.98. The monoisotopic (exact) mass is 317 g/mol. The van der Waals surface area contributed by atoms with Gasteiger partial charge in [-0.1, -0.05) is 19.3 Å². The largest absolute Gasteiger partial charge is 2.00 e. The Balaban J connectivity index is 0.00000121. The Morgan fingerprint density at radius 2 is 1.67 bits per heavy atom. The molecule has 1 fully saturated rings. The Bertz CT molecular complexity index is 211. The standard InChI is InChI=1S/C6H13NO3S.Ba/c7-11(8,9)10-6-4-2-1-3-5-6;/h6H,1-5H2,(H2,7,8,9);/q;+2. The molecule has 1 aliphatic carbocycles. The molecule has 1 aliphatic rings. The second kappa shape index (κ2) is 6.02. The van der Waals surface area contributed by atoms with Gasteiger partial charge in [0.1, 0.15) is 0 Å². The molecular weight excluding hydrogens is 303 g/mol. The van der Waals surface area contributed by atoms with Crippen LogP contribution in [0.5, 0.6) is 0 Å². The molecule has 66 valence electrons. The molecule has 2 N–H and O–H groups in total. The summed E-state index contributed by atoms with van der Waals surface area (Å²) in [5.41, 5.74) is 0. The van der Waals surface area contributed by atoms with Crippen LogP contribution in [0.3, 0.4) is 0 Å². The second-order valence-corrected chi connectivity index (χ2v) is 4.03. The molecule has 0 saturated heterocycles. The third-order valence-electron chi connectivity index (χ3n) is 1.82. The molecule has 0 aromatic carbocycles. The first-order chi connectivity index (χ1) is 5.08. The smallest absolute Gasteiger partial charge is 0.255 e. The predicted octanol–water partition coefficient (Wildman–Crippen LogP) is 0.158. The van der Waals surface area contributed by atoms with E-state index in [0.29, 0.717) is 0 Å². The van der Waals surface area contributed by atoms with Crippen LogP contribution < -0.4 is 5.14 Å². The van der Waals surface area contributed by atoms with Crippen molar-refractivity contribution in [1.82, 2.24) is 0 Å². The van der Waals surface area contributed by atoms with Crippen LogP contribution >= 0.6 is 0 Å². The average Bonchev–Trinajstić information content (AvgIpc) is 1.85. The van der Waals surface area contributed by atoms with Crippen molar-refractivity contribution >= 4 is 59.2 Å². The van der Waals surface area contributed by atoms with Gasteiger partial charge in [0.15, 0.2) is 0 Å². The van der Waals surface area contributed by atoms with E-state index >= 15 is 0 Å². The first kappa shape index (κ1) is 13.4. The summed E-state index contributed by atoms with van der Waals surface area (Å²) in [7, 11) is -3.72.